The van der Waals surface area contributed by atoms with Crippen LogP contribution in [0.3, 0.4) is 0 Å². The van der Waals surface area contributed by atoms with Gasteiger partial charge >= 0.3 is 0 Å². The van der Waals surface area contributed by atoms with Crippen LogP contribution in [0.1, 0.15) is 55.7 Å². The second kappa shape index (κ2) is 7.74. The molecule has 1 aromatic rings. The lowest BCUT2D eigenvalue weighted by atomic mass is 9.82. The molecule has 116 valence electrons. The molecule has 1 saturated carbocycles. The van der Waals surface area contributed by atoms with E-state index in [0.29, 0.717) is 18.9 Å². The Kier molecular flexibility index (Phi) is 5.98. The zero-order chi connectivity index (χ0) is 15.2. The average molecular weight is 288 g/mol. The SMILES string of the molecule is CCOC(C(=O)Cc1cc(C)cc(C)c1)C1CCCCC1. The molecule has 1 atom stereocenters. The molecule has 1 aliphatic rings. The maximum absolute atomic E-state index is 12.7. The molecule has 1 aliphatic carbocycles. The van der Waals surface area contributed by atoms with E-state index in [1.807, 2.05) is 6.92 Å². The van der Waals surface area contributed by atoms with E-state index >= 15 is 0 Å². The number of hydrogen-bond donors (Lipinski definition) is 0. The Morgan fingerprint density at radius 1 is 1.14 bits per heavy atom. The Bertz CT molecular complexity index is 452. The molecule has 0 N–H and O–H groups in total. The lowest BCUT2D eigenvalue weighted by Gasteiger charge is -2.29. The Morgan fingerprint density at radius 2 is 1.76 bits per heavy atom. The van der Waals surface area contributed by atoms with Gasteiger partial charge in [-0.15, -0.1) is 0 Å². The van der Waals surface area contributed by atoms with Gasteiger partial charge in [0.1, 0.15) is 6.10 Å². The molecule has 2 heteroatoms. The van der Waals surface area contributed by atoms with Crippen molar-refractivity contribution in [2.75, 3.05) is 6.61 Å². The van der Waals surface area contributed by atoms with Gasteiger partial charge in [0, 0.05) is 13.0 Å². The minimum Gasteiger partial charge on any atom is -0.370 e. The van der Waals surface area contributed by atoms with Crippen molar-refractivity contribution in [2.45, 2.75) is 65.4 Å². The first kappa shape index (κ1) is 16.2. The maximum atomic E-state index is 12.7. The minimum absolute atomic E-state index is 0.198. The molecular weight excluding hydrogens is 260 g/mol. The molecule has 21 heavy (non-hydrogen) atoms. The summed E-state index contributed by atoms with van der Waals surface area (Å²) in [6.07, 6.45) is 6.38. The zero-order valence-electron chi connectivity index (χ0n) is 13.7. The monoisotopic (exact) mass is 288 g/mol. The van der Waals surface area contributed by atoms with Gasteiger partial charge in [0.05, 0.1) is 0 Å². The first-order chi connectivity index (χ1) is 10.1. The molecule has 0 heterocycles. The fraction of sp³-hybridized carbons (Fsp3) is 0.632. The van der Waals surface area contributed by atoms with Gasteiger partial charge in [-0.3, -0.25) is 4.79 Å². The van der Waals surface area contributed by atoms with E-state index in [1.165, 1.54) is 30.4 Å². The number of carbonyl (C=O) groups is 1. The molecule has 0 saturated heterocycles. The number of Topliss-reactive ketones (excluding diaryl/α,β-unsaturated/α-hetero) is 1. The lowest BCUT2D eigenvalue weighted by Crippen LogP contribution is -2.35. The van der Waals surface area contributed by atoms with Crippen molar-refractivity contribution >= 4 is 5.78 Å². The fourth-order valence-corrected chi connectivity index (χ4v) is 3.58. The highest BCUT2D eigenvalue weighted by atomic mass is 16.5. The number of ketones is 1. The number of hydrogen-bond acceptors (Lipinski definition) is 2. The summed E-state index contributed by atoms with van der Waals surface area (Å²) in [6, 6.07) is 6.39. The van der Waals surface area contributed by atoms with Gasteiger partial charge in [-0.05, 0) is 45.1 Å². The van der Waals surface area contributed by atoms with Crippen molar-refractivity contribution in [3.63, 3.8) is 0 Å². The largest absolute Gasteiger partial charge is 0.370 e. The smallest absolute Gasteiger partial charge is 0.166 e. The van der Waals surface area contributed by atoms with Crippen molar-refractivity contribution in [1.29, 1.82) is 0 Å². The van der Waals surface area contributed by atoms with Crippen LogP contribution in [0, 0.1) is 19.8 Å². The van der Waals surface area contributed by atoms with Gasteiger partial charge < -0.3 is 4.74 Å². The van der Waals surface area contributed by atoms with E-state index in [9.17, 15) is 4.79 Å². The average Bonchev–Trinajstić information content (AvgIpc) is 2.44. The second-order valence-electron chi connectivity index (χ2n) is 6.41. The van der Waals surface area contributed by atoms with E-state index in [2.05, 4.69) is 32.0 Å². The summed E-state index contributed by atoms with van der Waals surface area (Å²) in [6.45, 7) is 6.78. The van der Waals surface area contributed by atoms with E-state index in [1.54, 1.807) is 0 Å². The highest BCUT2D eigenvalue weighted by molar-refractivity contribution is 5.85. The molecule has 0 aromatic heterocycles. The minimum atomic E-state index is -0.198. The van der Waals surface area contributed by atoms with Gasteiger partial charge in [0.2, 0.25) is 0 Å². The van der Waals surface area contributed by atoms with Gasteiger partial charge in [-0.2, -0.15) is 0 Å². The number of rotatable bonds is 6. The molecule has 0 aliphatic heterocycles. The molecule has 2 nitrogen and oxygen atoms in total. The fourth-order valence-electron chi connectivity index (χ4n) is 3.58. The van der Waals surface area contributed by atoms with Crippen molar-refractivity contribution in [3.05, 3.63) is 34.9 Å². The molecule has 1 aromatic carbocycles. The number of carbonyl (C=O) groups excluding carboxylic acids is 1. The summed E-state index contributed by atoms with van der Waals surface area (Å²) in [7, 11) is 0. The first-order valence-corrected chi connectivity index (χ1v) is 8.31. The van der Waals surface area contributed by atoms with Crippen LogP contribution in [0.5, 0.6) is 0 Å². The van der Waals surface area contributed by atoms with E-state index in [-0.39, 0.29) is 11.9 Å². The van der Waals surface area contributed by atoms with Gasteiger partial charge in [-0.25, -0.2) is 0 Å². The van der Waals surface area contributed by atoms with E-state index < -0.39 is 0 Å². The third-order valence-electron chi connectivity index (χ3n) is 4.40. The summed E-state index contributed by atoms with van der Waals surface area (Å²) in [5.74, 6) is 0.686. The molecule has 0 bridgehead atoms. The summed E-state index contributed by atoms with van der Waals surface area (Å²) in [5.41, 5.74) is 3.57. The Hall–Kier alpha value is -1.15. The molecular formula is C19H28O2. The van der Waals surface area contributed by atoms with Crippen LogP contribution < -0.4 is 0 Å². The zero-order valence-corrected chi connectivity index (χ0v) is 13.7. The number of ether oxygens (including phenoxy) is 1. The normalized spacial score (nSPS) is 17.7. The summed E-state index contributed by atoms with van der Waals surface area (Å²) in [5, 5.41) is 0. The van der Waals surface area contributed by atoms with Gasteiger partial charge in [-0.1, -0.05) is 48.6 Å². The summed E-state index contributed by atoms with van der Waals surface area (Å²) < 4.78 is 5.83. The van der Waals surface area contributed by atoms with Crippen LogP contribution in [0.4, 0.5) is 0 Å². The van der Waals surface area contributed by atoms with E-state index in [4.69, 9.17) is 4.74 Å². The summed E-state index contributed by atoms with van der Waals surface area (Å²) in [4.78, 5) is 12.7. The van der Waals surface area contributed by atoms with Crippen LogP contribution >= 0.6 is 0 Å². The molecule has 0 radical (unpaired) electrons. The third-order valence-corrected chi connectivity index (χ3v) is 4.40. The number of aryl methyl sites for hydroxylation is 2. The Labute approximate surface area is 128 Å². The molecule has 0 amide bonds. The molecule has 1 unspecified atom stereocenters. The van der Waals surface area contributed by atoms with Crippen LogP contribution in [-0.2, 0) is 16.0 Å². The second-order valence-corrected chi connectivity index (χ2v) is 6.41. The van der Waals surface area contributed by atoms with Crippen LogP contribution in [0.25, 0.3) is 0 Å². The third kappa shape index (κ3) is 4.67. The molecule has 1 fully saturated rings. The van der Waals surface area contributed by atoms with Crippen molar-refractivity contribution in [3.8, 4) is 0 Å². The quantitative estimate of drug-likeness (QED) is 0.775. The van der Waals surface area contributed by atoms with Crippen LogP contribution in [0.2, 0.25) is 0 Å². The van der Waals surface area contributed by atoms with Crippen LogP contribution in [0.15, 0.2) is 18.2 Å². The van der Waals surface area contributed by atoms with Crippen molar-refractivity contribution in [2.24, 2.45) is 5.92 Å². The Morgan fingerprint density at radius 3 is 2.33 bits per heavy atom. The van der Waals surface area contributed by atoms with Crippen molar-refractivity contribution < 1.29 is 9.53 Å². The van der Waals surface area contributed by atoms with E-state index in [0.717, 1.165) is 18.4 Å². The first-order valence-electron chi connectivity index (χ1n) is 8.31. The Balaban J connectivity index is 2.06. The number of benzene rings is 1. The van der Waals surface area contributed by atoms with Crippen molar-refractivity contribution in [1.82, 2.24) is 0 Å². The predicted molar refractivity (Wildman–Crippen MR) is 86.6 cm³/mol. The topological polar surface area (TPSA) is 26.3 Å². The van der Waals surface area contributed by atoms with Gasteiger partial charge in [0.25, 0.3) is 0 Å². The van der Waals surface area contributed by atoms with Gasteiger partial charge in [0.15, 0.2) is 5.78 Å². The standard InChI is InChI=1S/C19H28O2/c1-4-21-19(17-8-6-5-7-9-17)18(20)13-16-11-14(2)10-15(3)12-16/h10-12,17,19H,4-9,13H2,1-3H3. The molecule has 2 rings (SSSR count). The highest BCUT2D eigenvalue weighted by Crippen LogP contribution is 2.29. The van der Waals surface area contributed by atoms with Crippen LogP contribution in [-0.4, -0.2) is 18.5 Å². The maximum Gasteiger partial charge on any atom is 0.166 e. The summed E-state index contributed by atoms with van der Waals surface area (Å²) >= 11 is 0. The predicted octanol–water partition coefficient (Wildman–Crippen LogP) is 4.40. The highest BCUT2D eigenvalue weighted by Gasteiger charge is 2.29. The lowest BCUT2D eigenvalue weighted by molar-refractivity contribution is -0.134. The molecule has 0 spiro atoms.